The molecule has 0 bridgehead atoms. The average molecular weight is 366 g/mol. The number of hydrogen-bond donors (Lipinski definition) is 1. The molecule has 1 N–H and O–H groups in total. The maximum atomic E-state index is 12.1. The van der Waals surface area contributed by atoms with Crippen LogP contribution >= 0.6 is 0 Å². The molecule has 5 nitrogen and oxygen atoms in total. The fraction of sp³-hybridized carbons (Fsp3) is 0.318. The number of fused-ring (bicyclic) bond motifs is 1. The van der Waals surface area contributed by atoms with Crippen LogP contribution in [-0.2, 0) is 17.8 Å². The Morgan fingerprint density at radius 2 is 1.81 bits per heavy atom. The number of hydrogen-bond acceptors (Lipinski definition) is 4. The second-order valence-electron chi connectivity index (χ2n) is 6.57. The number of benzene rings is 2. The van der Waals surface area contributed by atoms with Crippen molar-refractivity contribution in [1.82, 2.24) is 10.2 Å². The summed E-state index contributed by atoms with van der Waals surface area (Å²) in [7, 11) is 3.21. The zero-order chi connectivity index (χ0) is 19.1. The van der Waals surface area contributed by atoms with Crippen molar-refractivity contribution < 1.29 is 14.3 Å². The van der Waals surface area contributed by atoms with Gasteiger partial charge in [-0.15, -0.1) is 0 Å². The fourth-order valence-electron chi connectivity index (χ4n) is 3.24. The lowest BCUT2D eigenvalue weighted by Gasteiger charge is -2.28. The van der Waals surface area contributed by atoms with Crippen LogP contribution in [0.3, 0.4) is 0 Å². The van der Waals surface area contributed by atoms with Gasteiger partial charge in [-0.05, 0) is 41.3 Å². The number of carbonyl (C=O) groups is 1. The predicted molar refractivity (Wildman–Crippen MR) is 107 cm³/mol. The summed E-state index contributed by atoms with van der Waals surface area (Å²) in [5.41, 5.74) is 3.69. The van der Waals surface area contributed by atoms with Crippen molar-refractivity contribution in [2.75, 3.05) is 33.9 Å². The fourth-order valence-corrected chi connectivity index (χ4v) is 3.24. The van der Waals surface area contributed by atoms with Crippen LogP contribution in [0.2, 0.25) is 0 Å². The minimum Gasteiger partial charge on any atom is -0.497 e. The zero-order valence-electron chi connectivity index (χ0n) is 15.9. The van der Waals surface area contributed by atoms with Crippen LogP contribution in [-0.4, -0.2) is 44.7 Å². The van der Waals surface area contributed by atoms with Crippen LogP contribution < -0.4 is 14.8 Å². The summed E-state index contributed by atoms with van der Waals surface area (Å²) in [6.07, 6.45) is 4.37. The Bertz CT molecular complexity index is 795. The van der Waals surface area contributed by atoms with E-state index in [1.54, 1.807) is 32.4 Å². The second kappa shape index (κ2) is 9.24. The first-order valence-corrected chi connectivity index (χ1v) is 9.16. The van der Waals surface area contributed by atoms with Crippen molar-refractivity contribution in [2.24, 2.45) is 0 Å². The van der Waals surface area contributed by atoms with Gasteiger partial charge < -0.3 is 14.8 Å². The van der Waals surface area contributed by atoms with Gasteiger partial charge in [0.15, 0.2) is 0 Å². The van der Waals surface area contributed by atoms with Gasteiger partial charge in [0.25, 0.3) is 0 Å². The predicted octanol–water partition coefficient (Wildman–Crippen LogP) is 2.89. The van der Waals surface area contributed by atoms with Crippen molar-refractivity contribution in [2.45, 2.75) is 13.0 Å². The molecule has 5 heteroatoms. The molecule has 2 aromatic rings. The van der Waals surface area contributed by atoms with Crippen molar-refractivity contribution >= 4 is 12.0 Å². The Labute approximate surface area is 160 Å². The third-order valence-electron chi connectivity index (χ3n) is 4.74. The Kier molecular flexibility index (Phi) is 6.49. The molecule has 142 valence electrons. The molecule has 0 spiro atoms. The lowest BCUT2D eigenvalue weighted by molar-refractivity contribution is -0.116. The molecule has 2 aromatic carbocycles. The molecule has 0 aromatic heterocycles. The first kappa shape index (κ1) is 19.0. The van der Waals surface area contributed by atoms with E-state index >= 15 is 0 Å². The summed E-state index contributed by atoms with van der Waals surface area (Å²) in [6.45, 7) is 3.46. The van der Waals surface area contributed by atoms with Crippen molar-refractivity contribution in [3.63, 3.8) is 0 Å². The summed E-state index contributed by atoms with van der Waals surface area (Å²) < 4.78 is 10.5. The third-order valence-corrected chi connectivity index (χ3v) is 4.74. The highest BCUT2D eigenvalue weighted by molar-refractivity contribution is 5.91. The van der Waals surface area contributed by atoms with Crippen molar-refractivity contribution in [3.8, 4) is 11.5 Å². The summed E-state index contributed by atoms with van der Waals surface area (Å²) >= 11 is 0. The molecule has 1 amide bonds. The quantitative estimate of drug-likeness (QED) is 0.766. The van der Waals surface area contributed by atoms with Crippen LogP contribution in [0.25, 0.3) is 6.08 Å². The number of carbonyl (C=O) groups excluding carboxylic acids is 1. The van der Waals surface area contributed by atoms with E-state index in [4.69, 9.17) is 9.47 Å². The van der Waals surface area contributed by atoms with Crippen LogP contribution in [0.4, 0.5) is 0 Å². The molecule has 0 radical (unpaired) electrons. The molecule has 3 rings (SSSR count). The molecule has 1 heterocycles. The van der Waals surface area contributed by atoms with Gasteiger partial charge in [0, 0.05) is 38.3 Å². The Balaban J connectivity index is 1.47. The topological polar surface area (TPSA) is 50.8 Å². The van der Waals surface area contributed by atoms with Crippen molar-refractivity contribution in [3.05, 3.63) is 65.2 Å². The molecule has 1 aliphatic rings. The monoisotopic (exact) mass is 366 g/mol. The van der Waals surface area contributed by atoms with E-state index in [1.807, 2.05) is 12.1 Å². The number of nitrogens with zero attached hydrogens (tertiary/aromatic N) is 1. The van der Waals surface area contributed by atoms with E-state index in [0.29, 0.717) is 18.0 Å². The summed E-state index contributed by atoms with van der Waals surface area (Å²) in [5, 5.41) is 2.95. The number of amides is 1. The smallest absolute Gasteiger partial charge is 0.244 e. The van der Waals surface area contributed by atoms with Gasteiger partial charge in [-0.3, -0.25) is 9.69 Å². The van der Waals surface area contributed by atoms with Gasteiger partial charge in [0.05, 0.1) is 14.2 Å². The standard InChI is InChI=1S/C22H26N2O3/c1-26-20-13-17(14-21(15-20)27-2)7-8-22(25)23-10-12-24-11-9-18-5-3-4-6-19(18)16-24/h3-8,13-15H,9-12,16H2,1-2H3,(H,23,25)/b8-7+. The van der Waals surface area contributed by atoms with Crippen LogP contribution in [0.5, 0.6) is 11.5 Å². The number of rotatable bonds is 7. The molecule has 27 heavy (non-hydrogen) atoms. The third kappa shape index (κ3) is 5.34. The van der Waals surface area contributed by atoms with E-state index < -0.39 is 0 Å². The van der Waals surface area contributed by atoms with E-state index in [2.05, 4.69) is 34.5 Å². The first-order chi connectivity index (χ1) is 13.2. The van der Waals surface area contributed by atoms with Crippen LogP contribution in [0, 0.1) is 0 Å². The minimum absolute atomic E-state index is 0.103. The highest BCUT2D eigenvalue weighted by Crippen LogP contribution is 2.23. The van der Waals surface area contributed by atoms with Gasteiger partial charge in [0.2, 0.25) is 5.91 Å². The molecule has 0 atom stereocenters. The molecule has 0 fully saturated rings. The highest BCUT2D eigenvalue weighted by atomic mass is 16.5. The number of ether oxygens (including phenoxy) is 2. The molecule has 1 aliphatic heterocycles. The SMILES string of the molecule is COc1cc(/C=C/C(=O)NCCN2CCc3ccccc3C2)cc(OC)c1. The Morgan fingerprint density at radius 3 is 2.52 bits per heavy atom. The van der Waals surface area contributed by atoms with E-state index in [0.717, 1.165) is 31.6 Å². The lowest BCUT2D eigenvalue weighted by atomic mass is 10.00. The maximum absolute atomic E-state index is 12.1. The van der Waals surface area contributed by atoms with Crippen LogP contribution in [0.15, 0.2) is 48.5 Å². The summed E-state index contributed by atoms with van der Waals surface area (Å²) in [5.74, 6) is 1.29. The van der Waals surface area contributed by atoms with E-state index in [1.165, 1.54) is 11.1 Å². The molecular weight excluding hydrogens is 340 g/mol. The van der Waals surface area contributed by atoms with E-state index in [9.17, 15) is 4.79 Å². The molecule has 0 unspecified atom stereocenters. The zero-order valence-corrected chi connectivity index (χ0v) is 15.9. The maximum Gasteiger partial charge on any atom is 0.244 e. The van der Waals surface area contributed by atoms with Gasteiger partial charge in [0.1, 0.15) is 11.5 Å². The highest BCUT2D eigenvalue weighted by Gasteiger charge is 2.14. The van der Waals surface area contributed by atoms with Gasteiger partial charge in [-0.1, -0.05) is 24.3 Å². The van der Waals surface area contributed by atoms with E-state index in [-0.39, 0.29) is 5.91 Å². The number of methoxy groups -OCH3 is 2. The molecule has 0 saturated heterocycles. The second-order valence-corrected chi connectivity index (χ2v) is 6.57. The Hall–Kier alpha value is -2.79. The van der Waals surface area contributed by atoms with Crippen molar-refractivity contribution in [1.29, 1.82) is 0 Å². The Morgan fingerprint density at radius 1 is 1.11 bits per heavy atom. The number of nitrogens with one attached hydrogen (secondary N) is 1. The largest absolute Gasteiger partial charge is 0.497 e. The molecular formula is C22H26N2O3. The van der Waals surface area contributed by atoms with Gasteiger partial charge >= 0.3 is 0 Å². The summed E-state index contributed by atoms with van der Waals surface area (Å²) in [4.78, 5) is 14.5. The van der Waals surface area contributed by atoms with Gasteiger partial charge in [-0.2, -0.15) is 0 Å². The normalized spacial score (nSPS) is 14.0. The first-order valence-electron chi connectivity index (χ1n) is 9.16. The van der Waals surface area contributed by atoms with Gasteiger partial charge in [-0.25, -0.2) is 0 Å². The minimum atomic E-state index is -0.103. The average Bonchev–Trinajstić information content (AvgIpc) is 2.71. The molecule has 0 aliphatic carbocycles. The summed E-state index contributed by atoms with van der Waals surface area (Å²) in [6, 6.07) is 14.1. The van der Waals surface area contributed by atoms with Crippen LogP contribution in [0.1, 0.15) is 16.7 Å². The molecule has 0 saturated carbocycles. The lowest BCUT2D eigenvalue weighted by Crippen LogP contribution is -2.37.